The van der Waals surface area contributed by atoms with Gasteiger partial charge in [0, 0.05) is 135 Å². The predicted octanol–water partition coefficient (Wildman–Crippen LogP) is 9.95. The molecule has 4 N–H and O–H groups in total. The zero-order valence-electron chi connectivity index (χ0n) is 51.5. The first-order valence-electron chi connectivity index (χ1n) is 30.5. The van der Waals surface area contributed by atoms with Crippen LogP contribution in [0.15, 0.2) is 91.8 Å². The lowest BCUT2D eigenvalue weighted by atomic mass is 9.91. The summed E-state index contributed by atoms with van der Waals surface area (Å²) in [5, 5.41) is 23.7. The largest absolute Gasteiger partial charge is 0.493 e. The number of carboxylic acid groups (broad SMARTS) is 2. The van der Waals surface area contributed by atoms with Crippen LogP contribution in [-0.4, -0.2) is 160 Å². The number of rotatable bonds is 15. The Morgan fingerprint density at radius 2 is 1.09 bits per heavy atom. The first kappa shape index (κ1) is 63.9. The zero-order chi connectivity index (χ0) is 64.8. The highest BCUT2D eigenvalue weighted by molar-refractivity contribution is 6.07. The number of amides is 4. The van der Waals surface area contributed by atoms with Gasteiger partial charge in [-0.3, -0.25) is 43.4 Å². The van der Waals surface area contributed by atoms with Gasteiger partial charge in [-0.2, -0.15) is 5.10 Å². The van der Waals surface area contributed by atoms with Gasteiger partial charge in [-0.1, -0.05) is 39.8 Å². The van der Waals surface area contributed by atoms with Crippen LogP contribution in [0.3, 0.4) is 0 Å². The van der Waals surface area contributed by atoms with Gasteiger partial charge in [0.25, 0.3) is 11.8 Å². The van der Waals surface area contributed by atoms with Gasteiger partial charge in [0.2, 0.25) is 11.8 Å². The molecule has 0 saturated carbocycles. The first-order chi connectivity index (χ1) is 44.0. The van der Waals surface area contributed by atoms with E-state index in [1.165, 1.54) is 23.0 Å². The summed E-state index contributed by atoms with van der Waals surface area (Å²) in [7, 11) is 1.45. The van der Waals surface area contributed by atoms with Gasteiger partial charge >= 0.3 is 11.9 Å². The molecule has 8 aromatic rings. The fraction of sp³-hybridized carbons (Fsp3) is 0.343. The summed E-state index contributed by atoms with van der Waals surface area (Å²) >= 11 is 0. The molecule has 0 bridgehead atoms. The average Bonchev–Trinajstić information content (AvgIpc) is 1.71. The van der Waals surface area contributed by atoms with Crippen LogP contribution in [0.1, 0.15) is 115 Å². The maximum Gasteiger partial charge on any atom is 0.312 e. The van der Waals surface area contributed by atoms with E-state index in [0.717, 1.165) is 51.7 Å². The van der Waals surface area contributed by atoms with Crippen molar-refractivity contribution < 1.29 is 56.9 Å². The van der Waals surface area contributed by atoms with Gasteiger partial charge in [0.15, 0.2) is 23.2 Å². The molecule has 21 nitrogen and oxygen atoms in total. The number of carboxylic acids is 2. The lowest BCUT2D eigenvalue weighted by Gasteiger charge is -2.35. The Morgan fingerprint density at radius 1 is 0.582 bits per heavy atom. The third kappa shape index (κ3) is 13.2. The van der Waals surface area contributed by atoms with Crippen molar-refractivity contribution in [2.45, 2.75) is 92.8 Å². The molecule has 4 aliphatic rings. The number of pyridine rings is 3. The van der Waals surface area contributed by atoms with Crippen LogP contribution in [0.4, 0.5) is 19.0 Å². The number of carbonyl (C=O) groups is 6. The Balaban J connectivity index is 0.000000196. The number of benzene rings is 2. The normalized spacial score (nSPS) is 14.7. The fourth-order valence-electron chi connectivity index (χ4n) is 12.3. The molecule has 24 heteroatoms. The van der Waals surface area contributed by atoms with Crippen molar-refractivity contribution in [3.05, 3.63) is 154 Å². The highest BCUT2D eigenvalue weighted by Crippen LogP contribution is 2.41. The monoisotopic (exact) mass is 1240 g/mol. The summed E-state index contributed by atoms with van der Waals surface area (Å²) in [6.07, 6.45) is 14.6. The molecule has 12 rings (SSSR count). The number of anilines is 1. The second kappa shape index (κ2) is 27.7. The predicted molar refractivity (Wildman–Crippen MR) is 336 cm³/mol. The Bertz CT molecular complexity index is 4200. The van der Waals surface area contributed by atoms with Crippen LogP contribution < -0.4 is 9.64 Å². The van der Waals surface area contributed by atoms with Gasteiger partial charge in [-0.15, -0.1) is 0 Å². The summed E-state index contributed by atoms with van der Waals surface area (Å²) < 4.78 is 53.7. The zero-order valence-corrected chi connectivity index (χ0v) is 51.5. The Morgan fingerprint density at radius 3 is 1.56 bits per heavy atom. The van der Waals surface area contributed by atoms with Crippen LogP contribution >= 0.6 is 0 Å². The van der Waals surface area contributed by atoms with Crippen LogP contribution in [0.5, 0.6) is 5.75 Å². The average molecular weight is 1250 g/mol. The highest BCUT2D eigenvalue weighted by atomic mass is 19.1. The highest BCUT2D eigenvalue weighted by Gasteiger charge is 2.33. The molecule has 6 aromatic heterocycles. The second-order valence-corrected chi connectivity index (χ2v) is 22.1. The van der Waals surface area contributed by atoms with Crippen molar-refractivity contribution in [3.63, 3.8) is 0 Å². The van der Waals surface area contributed by atoms with Crippen molar-refractivity contribution in [2.75, 3.05) is 64.4 Å². The summed E-state index contributed by atoms with van der Waals surface area (Å²) in [6, 6.07) is 12.0. The molecule has 0 unspecified atom stereocenters. The molecule has 4 amide bonds. The number of nitrogens with one attached hydrogen (secondary N) is 2. The van der Waals surface area contributed by atoms with E-state index >= 15 is 8.78 Å². The fourth-order valence-corrected chi connectivity index (χ4v) is 12.3. The van der Waals surface area contributed by atoms with Crippen molar-refractivity contribution in [2.24, 2.45) is 0 Å². The third-order valence-corrected chi connectivity index (χ3v) is 16.8. The number of H-pyrrole nitrogens is 2. The van der Waals surface area contributed by atoms with E-state index in [0.29, 0.717) is 123 Å². The Labute approximate surface area is 522 Å². The molecular formula is C67H71F3N12O9. The molecule has 0 atom stereocenters. The maximum absolute atomic E-state index is 16.5. The van der Waals surface area contributed by atoms with Gasteiger partial charge < -0.3 is 49.4 Å². The van der Waals surface area contributed by atoms with E-state index in [-0.39, 0.29) is 52.9 Å². The number of nitrogens with zero attached hydrogens (tertiary/aromatic N) is 10. The molecular weight excluding hydrogens is 1170 g/mol. The van der Waals surface area contributed by atoms with E-state index < -0.39 is 54.0 Å². The topological polar surface area (TPSA) is 256 Å². The standard InChI is InChI=1S/C34H34F2N6O5.C31H31FN6O4.C2H6/c1-3-20-6-7-37-18-26(20)24-14-23(21-5-4-8-42(19-21)29(43)16-30(44)45)31(36)32-25(24)15-27(39-32)34(46)41-11-9-40(10-12-41)33-28(47-2)13-22(35)17-38-33;1-3-18-7-8-33-14-24(18)22-10-21(19-6-5-9-36(15-19)27(39)12-28(40)41)29(32)30-23(22)11-25(35-30)31(42)37-16-20-13-34-38(4-2)26(20)17-37;1-2/h5-7,13-15,17-18,39H,3-4,8-12,16,19H2,1-2H3,(H,44,45);6-8,10-11,13-14,35H,3-5,9,12,15-17H2,1-2H3,(H,40,41);1-2H3. The number of fused-ring (bicyclic) bond motifs is 3. The minimum atomic E-state index is -1.22. The number of hydrogen-bond acceptors (Lipinski definition) is 12. The second-order valence-electron chi connectivity index (χ2n) is 22.1. The molecule has 4 aliphatic heterocycles. The number of aromatic nitrogens is 7. The summed E-state index contributed by atoms with van der Waals surface area (Å²) in [4.78, 5) is 102. The van der Waals surface area contributed by atoms with Gasteiger partial charge in [-0.05, 0) is 102 Å². The number of hydrogen-bond donors (Lipinski definition) is 4. The molecule has 0 spiro atoms. The molecule has 0 aliphatic carbocycles. The lowest BCUT2D eigenvalue weighted by molar-refractivity contribution is -0.145. The maximum atomic E-state index is 16.5. The minimum absolute atomic E-state index is 0.0616. The Hall–Kier alpha value is -10.1. The quantitative estimate of drug-likeness (QED) is 0.0697. The summed E-state index contributed by atoms with van der Waals surface area (Å²) in [5.41, 5.74) is 9.62. The van der Waals surface area contributed by atoms with Crippen molar-refractivity contribution in [1.29, 1.82) is 0 Å². The summed E-state index contributed by atoms with van der Waals surface area (Å²) in [5.74, 6) is -4.80. The molecule has 91 heavy (non-hydrogen) atoms. The number of aromatic amines is 2. The first-order valence-corrected chi connectivity index (χ1v) is 30.5. The van der Waals surface area contributed by atoms with Gasteiger partial charge in [-0.25, -0.2) is 18.2 Å². The van der Waals surface area contributed by atoms with Crippen molar-refractivity contribution >= 4 is 74.3 Å². The summed E-state index contributed by atoms with van der Waals surface area (Å²) in [6.45, 7) is 14.1. The Kier molecular flexibility index (Phi) is 19.5. The third-order valence-electron chi connectivity index (χ3n) is 16.8. The van der Waals surface area contributed by atoms with E-state index in [9.17, 15) is 33.2 Å². The van der Waals surface area contributed by atoms with Crippen molar-refractivity contribution in [1.82, 2.24) is 54.3 Å². The molecule has 10 heterocycles. The smallest absolute Gasteiger partial charge is 0.312 e. The van der Waals surface area contributed by atoms with Crippen molar-refractivity contribution in [3.8, 4) is 28.0 Å². The molecule has 2 aromatic carbocycles. The van der Waals surface area contributed by atoms with E-state index in [1.807, 2.05) is 68.5 Å². The molecule has 474 valence electrons. The van der Waals surface area contributed by atoms with Crippen LogP contribution in [0.2, 0.25) is 0 Å². The molecule has 0 radical (unpaired) electrons. The van der Waals surface area contributed by atoms with E-state index in [4.69, 9.17) is 14.9 Å². The van der Waals surface area contributed by atoms with Crippen LogP contribution in [0, 0.1) is 17.5 Å². The minimum Gasteiger partial charge on any atom is -0.493 e. The molecule has 1 fully saturated rings. The van der Waals surface area contributed by atoms with E-state index in [1.54, 1.807) is 65.0 Å². The lowest BCUT2D eigenvalue weighted by Crippen LogP contribution is -2.49. The van der Waals surface area contributed by atoms with Crippen LogP contribution in [0.25, 0.3) is 55.2 Å². The number of aliphatic carboxylic acids is 2. The number of ether oxygens (including phenoxy) is 1. The molecule has 1 saturated heterocycles. The van der Waals surface area contributed by atoms with Crippen LogP contribution in [-0.2, 0) is 51.7 Å². The number of carbonyl (C=O) groups excluding carboxylic acids is 4. The van der Waals surface area contributed by atoms with Gasteiger partial charge in [0.05, 0.1) is 42.8 Å². The number of methoxy groups -OCH3 is 1. The number of halogens is 3. The van der Waals surface area contributed by atoms with Gasteiger partial charge in [0.1, 0.15) is 30.0 Å². The number of aryl methyl sites for hydroxylation is 3. The SMILES string of the molecule is CC.CCc1ccncc1-c1cc(C2=CCCN(C(=O)CC(=O)O)C2)c(F)c2[nH]c(C(=O)N3CCN(c4ncc(F)cc4OC)CC3)cc12.CCc1ccncc1-c1cc(C2=CCCN(C(=O)CC(=O)O)C2)c(F)c2[nH]c(C(=O)N3Cc4cnn(CC)c4C3)cc12. The van der Waals surface area contributed by atoms with E-state index in [2.05, 4.69) is 30.0 Å². The number of piperazine rings is 1.